The Morgan fingerprint density at radius 1 is 1.11 bits per heavy atom. The Labute approximate surface area is 106 Å². The highest BCUT2D eigenvalue weighted by Crippen LogP contribution is 2.06. The Hall–Kier alpha value is -0.990. The summed E-state index contributed by atoms with van der Waals surface area (Å²) in [6, 6.07) is 5.07. The van der Waals surface area contributed by atoms with Crippen LogP contribution in [0.15, 0.2) is 24.3 Å². The van der Waals surface area contributed by atoms with Gasteiger partial charge < -0.3 is 0 Å². The average Bonchev–Trinajstić information content (AvgIpc) is 2.18. The molecule has 0 amide bonds. The summed E-state index contributed by atoms with van der Waals surface area (Å²) in [6.07, 6.45) is 1.03. The predicted octanol–water partition coefficient (Wildman–Crippen LogP) is 0.290. The summed E-state index contributed by atoms with van der Waals surface area (Å²) in [4.78, 5) is 0. The molecule has 0 atom stereocenters. The fraction of sp³-hybridized carbons (Fsp3) is 0.400. The lowest BCUT2D eigenvalue weighted by Gasteiger charge is -2.06. The molecule has 0 spiro atoms. The van der Waals surface area contributed by atoms with Crippen molar-refractivity contribution in [3.05, 3.63) is 35.6 Å². The standard InChI is InChI=1S/C10H14FNO4S2/c1-17(13,14)7-6-12-18(15,16)8-9-2-4-10(11)5-3-9/h2-5,12H,6-8H2,1H3. The number of halogens is 1. The first-order valence-electron chi connectivity index (χ1n) is 5.07. The van der Waals surface area contributed by atoms with Crippen molar-refractivity contribution in [3.63, 3.8) is 0 Å². The van der Waals surface area contributed by atoms with E-state index >= 15 is 0 Å². The first-order valence-corrected chi connectivity index (χ1v) is 8.79. The van der Waals surface area contributed by atoms with E-state index < -0.39 is 25.7 Å². The Bertz CT molecular complexity index is 593. The van der Waals surface area contributed by atoms with E-state index in [1.165, 1.54) is 24.3 Å². The lowest BCUT2D eigenvalue weighted by Crippen LogP contribution is -2.29. The van der Waals surface area contributed by atoms with E-state index in [9.17, 15) is 21.2 Å². The van der Waals surface area contributed by atoms with Gasteiger partial charge >= 0.3 is 0 Å². The van der Waals surface area contributed by atoms with E-state index in [4.69, 9.17) is 0 Å². The minimum absolute atomic E-state index is 0.164. The smallest absolute Gasteiger partial charge is 0.215 e. The van der Waals surface area contributed by atoms with E-state index in [2.05, 4.69) is 4.72 Å². The summed E-state index contributed by atoms with van der Waals surface area (Å²) in [7, 11) is -6.81. The maximum absolute atomic E-state index is 12.6. The Morgan fingerprint density at radius 2 is 1.67 bits per heavy atom. The zero-order valence-corrected chi connectivity index (χ0v) is 11.4. The predicted molar refractivity (Wildman–Crippen MR) is 66.7 cm³/mol. The summed E-state index contributed by atoms with van der Waals surface area (Å²) in [5, 5.41) is 0. The molecule has 0 aromatic heterocycles. The molecule has 1 aromatic carbocycles. The van der Waals surface area contributed by atoms with Crippen LogP contribution in [0.2, 0.25) is 0 Å². The van der Waals surface area contributed by atoms with Crippen molar-refractivity contribution in [1.29, 1.82) is 0 Å². The molecular formula is C10H14FNO4S2. The van der Waals surface area contributed by atoms with Gasteiger partial charge in [-0.1, -0.05) is 12.1 Å². The highest BCUT2D eigenvalue weighted by Gasteiger charge is 2.12. The summed E-state index contributed by atoms with van der Waals surface area (Å²) in [6.45, 7) is -0.164. The quantitative estimate of drug-likeness (QED) is 0.818. The molecule has 102 valence electrons. The second-order valence-corrected chi connectivity index (χ2v) is 7.98. The van der Waals surface area contributed by atoms with Crippen molar-refractivity contribution in [3.8, 4) is 0 Å². The largest absolute Gasteiger partial charge is 0.229 e. The van der Waals surface area contributed by atoms with E-state index in [1.807, 2.05) is 0 Å². The number of nitrogens with one attached hydrogen (secondary N) is 1. The molecule has 1 aromatic rings. The fourth-order valence-corrected chi connectivity index (χ4v) is 2.98. The van der Waals surface area contributed by atoms with Gasteiger partial charge in [0.05, 0.1) is 11.5 Å². The van der Waals surface area contributed by atoms with Crippen LogP contribution in [0.4, 0.5) is 4.39 Å². The maximum Gasteiger partial charge on any atom is 0.215 e. The van der Waals surface area contributed by atoms with Crippen LogP contribution < -0.4 is 4.72 Å². The molecule has 0 aliphatic rings. The average molecular weight is 295 g/mol. The monoisotopic (exact) mass is 295 g/mol. The van der Waals surface area contributed by atoms with E-state index in [0.717, 1.165) is 6.26 Å². The zero-order chi connectivity index (χ0) is 13.8. The van der Waals surface area contributed by atoms with Gasteiger partial charge in [-0.3, -0.25) is 0 Å². The maximum atomic E-state index is 12.6. The molecule has 1 rings (SSSR count). The number of sulfone groups is 1. The molecule has 0 aliphatic heterocycles. The summed E-state index contributed by atoms with van der Waals surface area (Å²) in [5.74, 6) is -1.01. The number of sulfonamides is 1. The minimum atomic E-state index is -3.61. The van der Waals surface area contributed by atoms with Gasteiger partial charge in [0.15, 0.2) is 0 Å². The van der Waals surface area contributed by atoms with Crippen molar-refractivity contribution < 1.29 is 21.2 Å². The van der Waals surface area contributed by atoms with Crippen LogP contribution in [0.1, 0.15) is 5.56 Å². The molecule has 8 heteroatoms. The first-order chi connectivity index (χ1) is 8.18. The van der Waals surface area contributed by atoms with Gasteiger partial charge in [-0.15, -0.1) is 0 Å². The van der Waals surface area contributed by atoms with Crippen LogP contribution in [0.5, 0.6) is 0 Å². The third-order valence-electron chi connectivity index (χ3n) is 2.06. The van der Waals surface area contributed by atoms with Crippen LogP contribution in [-0.4, -0.2) is 35.4 Å². The molecular weight excluding hydrogens is 281 g/mol. The fourth-order valence-electron chi connectivity index (χ4n) is 1.23. The molecule has 0 bridgehead atoms. The molecule has 0 unspecified atom stereocenters. The van der Waals surface area contributed by atoms with Crippen molar-refractivity contribution in [2.75, 3.05) is 18.6 Å². The lowest BCUT2D eigenvalue weighted by molar-refractivity contribution is 0.581. The highest BCUT2D eigenvalue weighted by molar-refractivity contribution is 7.91. The van der Waals surface area contributed by atoms with E-state index in [1.54, 1.807) is 0 Å². The van der Waals surface area contributed by atoms with Crippen LogP contribution in [0.3, 0.4) is 0 Å². The van der Waals surface area contributed by atoms with Gasteiger partial charge in [-0.05, 0) is 17.7 Å². The van der Waals surface area contributed by atoms with Crippen molar-refractivity contribution >= 4 is 19.9 Å². The van der Waals surface area contributed by atoms with Crippen LogP contribution in [-0.2, 0) is 25.6 Å². The third kappa shape index (κ3) is 6.08. The van der Waals surface area contributed by atoms with E-state index in [0.29, 0.717) is 5.56 Å². The van der Waals surface area contributed by atoms with Crippen molar-refractivity contribution in [2.45, 2.75) is 5.75 Å². The molecule has 1 N–H and O–H groups in total. The molecule has 0 radical (unpaired) electrons. The van der Waals surface area contributed by atoms with Gasteiger partial charge in [0.1, 0.15) is 15.7 Å². The summed E-state index contributed by atoms with van der Waals surface area (Å²) >= 11 is 0. The van der Waals surface area contributed by atoms with Gasteiger partial charge in [-0.2, -0.15) is 0 Å². The third-order valence-corrected chi connectivity index (χ3v) is 4.37. The number of hydrogen-bond donors (Lipinski definition) is 1. The van der Waals surface area contributed by atoms with E-state index in [-0.39, 0.29) is 18.1 Å². The van der Waals surface area contributed by atoms with Gasteiger partial charge in [-0.25, -0.2) is 25.9 Å². The zero-order valence-electron chi connectivity index (χ0n) is 9.76. The number of benzene rings is 1. The molecule has 0 saturated carbocycles. The van der Waals surface area contributed by atoms with Gasteiger partial charge in [0.2, 0.25) is 10.0 Å². The molecule has 0 heterocycles. The summed E-state index contributed by atoms with van der Waals surface area (Å²) in [5.41, 5.74) is 0.434. The highest BCUT2D eigenvalue weighted by atomic mass is 32.2. The first kappa shape index (κ1) is 15.1. The molecule has 18 heavy (non-hydrogen) atoms. The lowest BCUT2D eigenvalue weighted by atomic mass is 10.2. The van der Waals surface area contributed by atoms with Crippen molar-refractivity contribution in [1.82, 2.24) is 4.72 Å². The van der Waals surface area contributed by atoms with Crippen LogP contribution in [0, 0.1) is 5.82 Å². The number of hydrogen-bond acceptors (Lipinski definition) is 4. The SMILES string of the molecule is CS(=O)(=O)CCNS(=O)(=O)Cc1ccc(F)cc1. The minimum Gasteiger partial charge on any atom is -0.229 e. The number of rotatable bonds is 6. The summed E-state index contributed by atoms with van der Waals surface area (Å²) < 4.78 is 59.6. The molecule has 0 fully saturated rings. The van der Waals surface area contributed by atoms with Gasteiger partial charge in [0, 0.05) is 12.8 Å². The Kier molecular flexibility index (Phi) is 4.83. The second-order valence-electron chi connectivity index (χ2n) is 3.91. The molecule has 0 aliphatic carbocycles. The normalized spacial score (nSPS) is 12.6. The Morgan fingerprint density at radius 3 is 2.17 bits per heavy atom. The Balaban J connectivity index is 2.57. The van der Waals surface area contributed by atoms with Crippen LogP contribution in [0.25, 0.3) is 0 Å². The van der Waals surface area contributed by atoms with Gasteiger partial charge in [0.25, 0.3) is 0 Å². The van der Waals surface area contributed by atoms with Crippen LogP contribution >= 0.6 is 0 Å². The molecule has 5 nitrogen and oxygen atoms in total. The molecule has 0 saturated heterocycles. The topological polar surface area (TPSA) is 80.3 Å². The van der Waals surface area contributed by atoms with Crippen molar-refractivity contribution in [2.24, 2.45) is 0 Å². The second kappa shape index (κ2) is 5.77.